The standard InChI is InChI=1S/2C24H15N5O2/c1-25-22-15-21-23(19-9-5-6-10-20(19)27-21)28(17-11-13-18(14-12-17)29(30)31)24(22)26-16-7-3-2-4-8-16;25-15-16-14-22-23(20-8-4-5-9-21(20)27-22)28(18-10-12-19(13-11-18)29(30)31)24(16)26-17-6-2-1-3-7-17/h2-15,27H;1-14,27H. The third-order valence-electron chi connectivity index (χ3n) is 10.2. The van der Waals surface area contributed by atoms with Crippen molar-refractivity contribution in [1.29, 1.82) is 5.26 Å². The van der Waals surface area contributed by atoms with Gasteiger partial charge in [-0.3, -0.25) is 24.8 Å². The first-order chi connectivity index (χ1) is 30.3. The molecule has 4 aromatic heterocycles. The van der Waals surface area contributed by atoms with E-state index in [0.717, 1.165) is 43.9 Å². The molecule has 0 aliphatic carbocycles. The number of hydrogen-bond acceptors (Lipinski definition) is 7. The molecular formula is C48H30N10O4. The van der Waals surface area contributed by atoms with Crippen LogP contribution in [0.5, 0.6) is 0 Å². The molecular weight excluding hydrogens is 781 g/mol. The number of nitro groups is 2. The molecule has 10 aromatic rings. The van der Waals surface area contributed by atoms with Gasteiger partial charge >= 0.3 is 0 Å². The van der Waals surface area contributed by atoms with E-state index >= 15 is 0 Å². The molecule has 0 unspecified atom stereocenters. The van der Waals surface area contributed by atoms with Gasteiger partial charge in [0.1, 0.15) is 11.6 Å². The number of H-pyrrole nitrogens is 2. The minimum Gasteiger partial charge on any atom is -0.354 e. The predicted octanol–water partition coefficient (Wildman–Crippen LogP) is 10.9. The van der Waals surface area contributed by atoms with E-state index in [1.807, 2.05) is 118 Å². The van der Waals surface area contributed by atoms with E-state index in [-0.39, 0.29) is 11.4 Å². The molecule has 0 atom stereocenters. The number of hydrogen-bond donors (Lipinski definition) is 2. The molecule has 0 saturated carbocycles. The van der Waals surface area contributed by atoms with Gasteiger partial charge in [-0.1, -0.05) is 72.8 Å². The number of benzene rings is 6. The number of para-hydroxylation sites is 4. The zero-order valence-electron chi connectivity index (χ0n) is 32.4. The Morgan fingerprint density at radius 1 is 0.548 bits per heavy atom. The lowest BCUT2D eigenvalue weighted by Gasteiger charge is -2.12. The number of nitrogens with zero attached hydrogens (tertiary/aromatic N) is 8. The van der Waals surface area contributed by atoms with Crippen molar-refractivity contribution in [2.24, 2.45) is 9.98 Å². The fourth-order valence-corrected chi connectivity index (χ4v) is 7.42. The molecule has 0 bridgehead atoms. The third kappa shape index (κ3) is 7.08. The van der Waals surface area contributed by atoms with Crippen LogP contribution in [0.15, 0.2) is 180 Å². The van der Waals surface area contributed by atoms with E-state index in [9.17, 15) is 25.5 Å². The second kappa shape index (κ2) is 16.1. The number of rotatable bonds is 6. The Bertz CT molecular complexity index is 3350. The maximum absolute atomic E-state index is 11.1. The lowest BCUT2D eigenvalue weighted by molar-refractivity contribution is -0.385. The van der Waals surface area contributed by atoms with Gasteiger partial charge in [-0.2, -0.15) is 5.26 Å². The summed E-state index contributed by atoms with van der Waals surface area (Å²) in [6.07, 6.45) is 0. The van der Waals surface area contributed by atoms with E-state index in [1.165, 1.54) is 24.3 Å². The molecule has 10 rings (SSSR count). The highest BCUT2D eigenvalue weighted by Crippen LogP contribution is 2.31. The van der Waals surface area contributed by atoms with Crippen LogP contribution >= 0.6 is 0 Å². The molecule has 296 valence electrons. The van der Waals surface area contributed by atoms with Crippen LogP contribution in [0.25, 0.3) is 60.1 Å². The van der Waals surface area contributed by atoms with E-state index < -0.39 is 9.85 Å². The number of nitro benzene ring substituents is 2. The van der Waals surface area contributed by atoms with Gasteiger partial charge in [0.15, 0.2) is 5.49 Å². The molecule has 6 aromatic carbocycles. The second-order valence-corrected chi connectivity index (χ2v) is 13.9. The van der Waals surface area contributed by atoms with E-state index in [4.69, 9.17) is 16.6 Å². The van der Waals surface area contributed by atoms with Crippen LogP contribution in [0.4, 0.5) is 28.4 Å². The van der Waals surface area contributed by atoms with Crippen LogP contribution in [0.2, 0.25) is 0 Å². The highest BCUT2D eigenvalue weighted by molar-refractivity contribution is 6.07. The molecule has 0 amide bonds. The molecule has 0 spiro atoms. The number of nitrogens with one attached hydrogen (secondary N) is 2. The van der Waals surface area contributed by atoms with Crippen molar-refractivity contribution in [1.82, 2.24) is 19.1 Å². The molecule has 0 radical (unpaired) electrons. The zero-order chi connectivity index (χ0) is 42.7. The number of non-ortho nitro benzene ring substituents is 2. The Labute approximate surface area is 351 Å². The Morgan fingerprint density at radius 3 is 1.42 bits per heavy atom. The minimum absolute atomic E-state index is 0.00222. The molecule has 4 heterocycles. The summed E-state index contributed by atoms with van der Waals surface area (Å²) in [5.41, 5.74) is 9.58. The molecule has 14 nitrogen and oxygen atoms in total. The van der Waals surface area contributed by atoms with E-state index in [2.05, 4.69) is 20.9 Å². The number of nitriles is 1. The first-order valence-electron chi connectivity index (χ1n) is 19.1. The number of aromatic nitrogens is 4. The van der Waals surface area contributed by atoms with Crippen molar-refractivity contribution in [3.8, 4) is 17.4 Å². The first-order valence-corrected chi connectivity index (χ1v) is 19.1. The zero-order valence-corrected chi connectivity index (χ0v) is 32.4. The highest BCUT2D eigenvalue weighted by Gasteiger charge is 2.18. The average Bonchev–Trinajstić information content (AvgIpc) is 3.87. The fourth-order valence-electron chi connectivity index (χ4n) is 7.42. The molecule has 0 aliphatic rings. The van der Waals surface area contributed by atoms with Gasteiger partial charge in [-0.05, 0) is 72.8 Å². The molecule has 0 saturated heterocycles. The highest BCUT2D eigenvalue weighted by atomic mass is 16.6. The summed E-state index contributed by atoms with van der Waals surface area (Å²) in [6, 6.07) is 52.9. The maximum Gasteiger partial charge on any atom is 0.269 e. The lowest BCUT2D eigenvalue weighted by atomic mass is 10.1. The minimum atomic E-state index is -0.434. The third-order valence-corrected chi connectivity index (χ3v) is 10.2. The Hall–Kier alpha value is -9.40. The largest absolute Gasteiger partial charge is 0.354 e. The summed E-state index contributed by atoms with van der Waals surface area (Å²) in [5.74, 6) is 0. The predicted molar refractivity (Wildman–Crippen MR) is 238 cm³/mol. The summed E-state index contributed by atoms with van der Waals surface area (Å²) < 4.78 is 3.77. The Kier molecular flexibility index (Phi) is 9.90. The second-order valence-electron chi connectivity index (χ2n) is 13.9. The average molecular weight is 811 g/mol. The number of fused-ring (bicyclic) bond motifs is 6. The molecule has 62 heavy (non-hydrogen) atoms. The summed E-state index contributed by atoms with van der Waals surface area (Å²) in [5, 5.41) is 34.1. The molecule has 2 N–H and O–H groups in total. The SMILES string of the molecule is N#Cc1cc2[nH]c3ccccc3c2n(-c2ccc([N+](=O)[O-])cc2)c1=Nc1ccccc1.[C-]#[N+]c1cc2[nH]c3ccccc3c2n(-c2ccc([N+](=O)[O-])cc2)c1=Nc1ccccc1. The van der Waals surface area contributed by atoms with Crippen LogP contribution < -0.4 is 11.0 Å². The topological polar surface area (TPSA) is 181 Å². The van der Waals surface area contributed by atoms with Crippen molar-refractivity contribution in [3.05, 3.63) is 218 Å². The fraction of sp³-hybridized carbons (Fsp3) is 0. The molecule has 14 heteroatoms. The number of pyridine rings is 2. The van der Waals surface area contributed by atoms with Crippen molar-refractivity contribution >= 4 is 72.3 Å². The van der Waals surface area contributed by atoms with Crippen LogP contribution in [0, 0.1) is 38.1 Å². The number of aromatic amines is 2. The van der Waals surface area contributed by atoms with Crippen molar-refractivity contribution in [3.63, 3.8) is 0 Å². The van der Waals surface area contributed by atoms with Gasteiger partial charge in [0.25, 0.3) is 11.4 Å². The Balaban J connectivity index is 0.000000158. The summed E-state index contributed by atoms with van der Waals surface area (Å²) >= 11 is 0. The van der Waals surface area contributed by atoms with Crippen LogP contribution in [0.3, 0.4) is 0 Å². The quantitative estimate of drug-likeness (QED) is 0.0961. The van der Waals surface area contributed by atoms with Crippen molar-refractivity contribution in [2.45, 2.75) is 0 Å². The van der Waals surface area contributed by atoms with Gasteiger partial charge in [0.2, 0.25) is 5.69 Å². The summed E-state index contributed by atoms with van der Waals surface area (Å²) in [7, 11) is 0. The van der Waals surface area contributed by atoms with Gasteiger partial charge in [0, 0.05) is 57.4 Å². The van der Waals surface area contributed by atoms with E-state index in [0.29, 0.717) is 45.0 Å². The van der Waals surface area contributed by atoms with Crippen molar-refractivity contribution < 1.29 is 9.85 Å². The van der Waals surface area contributed by atoms with Crippen molar-refractivity contribution in [2.75, 3.05) is 0 Å². The summed E-state index contributed by atoms with van der Waals surface area (Å²) in [4.78, 5) is 41.4. The van der Waals surface area contributed by atoms with Gasteiger partial charge < -0.3 is 14.5 Å². The van der Waals surface area contributed by atoms with Crippen LogP contribution in [-0.2, 0) is 0 Å². The normalized spacial score (nSPS) is 11.6. The first kappa shape index (κ1) is 38.1. The van der Waals surface area contributed by atoms with Gasteiger partial charge in [-0.25, -0.2) is 14.8 Å². The van der Waals surface area contributed by atoms with E-state index in [1.54, 1.807) is 36.4 Å². The monoisotopic (exact) mass is 810 g/mol. The van der Waals surface area contributed by atoms with Crippen LogP contribution in [-0.4, -0.2) is 28.9 Å². The molecule has 0 fully saturated rings. The smallest absolute Gasteiger partial charge is 0.269 e. The maximum atomic E-state index is 11.1. The van der Waals surface area contributed by atoms with Gasteiger partial charge in [0.05, 0.1) is 55.4 Å². The van der Waals surface area contributed by atoms with Gasteiger partial charge in [-0.15, -0.1) is 0 Å². The van der Waals surface area contributed by atoms with Crippen LogP contribution in [0.1, 0.15) is 5.56 Å². The Morgan fingerprint density at radius 2 is 0.968 bits per heavy atom. The summed E-state index contributed by atoms with van der Waals surface area (Å²) in [6.45, 7) is 7.76. The molecule has 0 aliphatic heterocycles. The lowest BCUT2D eigenvalue weighted by Crippen LogP contribution is -2.22.